The number of esters is 1. The van der Waals surface area contributed by atoms with Crippen LogP contribution in [0, 0.1) is 0 Å². The van der Waals surface area contributed by atoms with Gasteiger partial charge in [0.05, 0.1) is 25.5 Å². The van der Waals surface area contributed by atoms with Crippen molar-refractivity contribution < 1.29 is 14.3 Å². The molecule has 0 atom stereocenters. The van der Waals surface area contributed by atoms with Crippen molar-refractivity contribution in [2.45, 2.75) is 26.2 Å². The SMILES string of the molecule is O=C(Cn1cc(C(=O)NCc2cn(Cc3ccccc3)nn2)nn1)OCc1ccccc1. The molecule has 4 rings (SSSR count). The predicted molar refractivity (Wildman–Crippen MR) is 113 cm³/mol. The lowest BCUT2D eigenvalue weighted by Crippen LogP contribution is -2.23. The van der Waals surface area contributed by atoms with E-state index in [2.05, 4.69) is 25.9 Å². The molecule has 0 radical (unpaired) electrons. The molecule has 0 aliphatic rings. The van der Waals surface area contributed by atoms with Gasteiger partial charge < -0.3 is 10.1 Å². The first-order valence-corrected chi connectivity index (χ1v) is 9.96. The molecule has 0 saturated heterocycles. The van der Waals surface area contributed by atoms with Gasteiger partial charge in [0.2, 0.25) is 0 Å². The van der Waals surface area contributed by atoms with Crippen molar-refractivity contribution >= 4 is 11.9 Å². The van der Waals surface area contributed by atoms with Gasteiger partial charge in [-0.05, 0) is 11.1 Å². The maximum Gasteiger partial charge on any atom is 0.328 e. The van der Waals surface area contributed by atoms with Crippen LogP contribution in [0.25, 0.3) is 0 Å². The van der Waals surface area contributed by atoms with E-state index in [9.17, 15) is 9.59 Å². The average Bonchev–Trinajstić information content (AvgIpc) is 3.47. The van der Waals surface area contributed by atoms with Crippen molar-refractivity contribution in [2.24, 2.45) is 0 Å². The lowest BCUT2D eigenvalue weighted by atomic mass is 10.2. The minimum Gasteiger partial charge on any atom is -0.459 e. The number of nitrogens with zero attached hydrogens (tertiary/aromatic N) is 6. The number of ether oxygens (including phenoxy) is 1. The summed E-state index contributed by atoms with van der Waals surface area (Å²) in [5.41, 5.74) is 2.70. The molecule has 2 aromatic carbocycles. The number of carbonyl (C=O) groups excluding carboxylic acids is 2. The molecule has 0 aliphatic heterocycles. The maximum absolute atomic E-state index is 12.3. The van der Waals surface area contributed by atoms with Crippen LogP contribution >= 0.6 is 0 Å². The monoisotopic (exact) mass is 431 g/mol. The molecule has 0 bridgehead atoms. The Morgan fingerprint density at radius 1 is 0.844 bits per heavy atom. The third-order valence-electron chi connectivity index (χ3n) is 4.51. The number of rotatable bonds is 9. The molecule has 2 heterocycles. The molecule has 0 spiro atoms. The van der Waals surface area contributed by atoms with Crippen LogP contribution in [0.2, 0.25) is 0 Å². The Labute approximate surface area is 183 Å². The van der Waals surface area contributed by atoms with Crippen LogP contribution in [0.4, 0.5) is 0 Å². The van der Waals surface area contributed by atoms with Crippen LogP contribution in [-0.4, -0.2) is 41.9 Å². The summed E-state index contributed by atoms with van der Waals surface area (Å²) in [6.07, 6.45) is 3.16. The van der Waals surface area contributed by atoms with Crippen LogP contribution in [0.5, 0.6) is 0 Å². The van der Waals surface area contributed by atoms with E-state index in [0.29, 0.717) is 12.2 Å². The molecule has 32 heavy (non-hydrogen) atoms. The highest BCUT2D eigenvalue weighted by molar-refractivity contribution is 5.91. The second-order valence-electron chi connectivity index (χ2n) is 7.02. The van der Waals surface area contributed by atoms with Crippen molar-refractivity contribution in [1.29, 1.82) is 0 Å². The first kappa shape index (κ1) is 20.9. The highest BCUT2D eigenvalue weighted by Gasteiger charge is 2.14. The average molecular weight is 431 g/mol. The number of nitrogens with one attached hydrogen (secondary N) is 1. The van der Waals surface area contributed by atoms with Gasteiger partial charge in [0.15, 0.2) is 5.69 Å². The van der Waals surface area contributed by atoms with E-state index >= 15 is 0 Å². The molecule has 0 aliphatic carbocycles. The summed E-state index contributed by atoms with van der Waals surface area (Å²) in [4.78, 5) is 24.3. The zero-order chi connectivity index (χ0) is 22.2. The van der Waals surface area contributed by atoms with E-state index in [1.54, 1.807) is 10.9 Å². The minimum absolute atomic E-state index is 0.0949. The zero-order valence-corrected chi connectivity index (χ0v) is 17.2. The number of hydrogen-bond donors (Lipinski definition) is 1. The molecular formula is C22H21N7O3. The van der Waals surface area contributed by atoms with Gasteiger partial charge in [-0.25, -0.2) is 9.36 Å². The van der Waals surface area contributed by atoms with E-state index in [-0.39, 0.29) is 25.4 Å². The Morgan fingerprint density at radius 2 is 1.53 bits per heavy atom. The highest BCUT2D eigenvalue weighted by atomic mass is 16.5. The third-order valence-corrected chi connectivity index (χ3v) is 4.51. The number of benzene rings is 2. The summed E-state index contributed by atoms with van der Waals surface area (Å²) < 4.78 is 8.17. The van der Waals surface area contributed by atoms with Gasteiger partial charge in [-0.2, -0.15) is 0 Å². The van der Waals surface area contributed by atoms with Crippen LogP contribution in [0.1, 0.15) is 27.3 Å². The van der Waals surface area contributed by atoms with Crippen LogP contribution in [-0.2, 0) is 35.8 Å². The second kappa shape index (κ2) is 10.1. The van der Waals surface area contributed by atoms with Crippen molar-refractivity contribution in [3.05, 3.63) is 95.6 Å². The fourth-order valence-corrected chi connectivity index (χ4v) is 2.92. The molecule has 162 valence electrons. The Hall–Kier alpha value is -4.34. The minimum atomic E-state index is -0.472. The first-order chi connectivity index (χ1) is 15.7. The third kappa shape index (κ3) is 5.85. The summed E-state index contributed by atoms with van der Waals surface area (Å²) in [7, 11) is 0. The topological polar surface area (TPSA) is 117 Å². The summed E-state index contributed by atoms with van der Waals surface area (Å²) in [6, 6.07) is 19.2. The zero-order valence-electron chi connectivity index (χ0n) is 17.2. The quantitative estimate of drug-likeness (QED) is 0.400. The summed E-state index contributed by atoms with van der Waals surface area (Å²) in [6.45, 7) is 0.823. The molecule has 1 N–H and O–H groups in total. The van der Waals surface area contributed by atoms with Crippen molar-refractivity contribution in [1.82, 2.24) is 35.3 Å². The van der Waals surface area contributed by atoms with Gasteiger partial charge in [-0.1, -0.05) is 71.1 Å². The Bertz CT molecular complexity index is 1170. The Kier molecular flexibility index (Phi) is 6.61. The lowest BCUT2D eigenvalue weighted by molar-refractivity contribution is -0.145. The largest absolute Gasteiger partial charge is 0.459 e. The number of carbonyl (C=O) groups is 2. The lowest BCUT2D eigenvalue weighted by Gasteiger charge is -2.04. The number of hydrogen-bond acceptors (Lipinski definition) is 7. The number of aromatic nitrogens is 6. The molecule has 4 aromatic rings. The van der Waals surface area contributed by atoms with Crippen LogP contribution < -0.4 is 5.32 Å². The van der Waals surface area contributed by atoms with Gasteiger partial charge >= 0.3 is 5.97 Å². The standard InChI is InChI=1S/C22H21N7O3/c30-21(32-16-18-9-5-2-6-10-18)15-29-14-20(25-27-29)22(31)23-11-19-13-28(26-24-19)12-17-7-3-1-4-8-17/h1-10,13-14H,11-12,15-16H2,(H,23,31). The molecule has 0 saturated carbocycles. The molecule has 1 amide bonds. The normalized spacial score (nSPS) is 10.6. The maximum atomic E-state index is 12.3. The Balaban J connectivity index is 1.23. The second-order valence-corrected chi connectivity index (χ2v) is 7.02. The van der Waals surface area contributed by atoms with Gasteiger partial charge in [0, 0.05) is 0 Å². The van der Waals surface area contributed by atoms with Crippen LogP contribution in [0.3, 0.4) is 0 Å². The number of amides is 1. The van der Waals surface area contributed by atoms with Gasteiger partial charge in [-0.15, -0.1) is 10.2 Å². The fourth-order valence-electron chi connectivity index (χ4n) is 2.92. The molecule has 0 unspecified atom stereocenters. The summed E-state index contributed by atoms with van der Waals surface area (Å²) in [5.74, 6) is -0.896. The van der Waals surface area contributed by atoms with Crippen molar-refractivity contribution in [3.63, 3.8) is 0 Å². The van der Waals surface area contributed by atoms with E-state index in [1.807, 2.05) is 60.7 Å². The molecule has 2 aromatic heterocycles. The first-order valence-electron chi connectivity index (χ1n) is 9.96. The van der Waals surface area contributed by atoms with Crippen molar-refractivity contribution in [3.8, 4) is 0 Å². The van der Waals surface area contributed by atoms with Crippen LogP contribution in [0.15, 0.2) is 73.1 Å². The fraction of sp³-hybridized carbons (Fsp3) is 0.182. The highest BCUT2D eigenvalue weighted by Crippen LogP contribution is 2.04. The molecule has 10 nitrogen and oxygen atoms in total. The van der Waals surface area contributed by atoms with E-state index < -0.39 is 11.9 Å². The van der Waals surface area contributed by atoms with Gasteiger partial charge in [-0.3, -0.25) is 9.59 Å². The molecule has 0 fully saturated rings. The summed E-state index contributed by atoms with van der Waals surface area (Å²) >= 11 is 0. The van der Waals surface area contributed by atoms with Crippen molar-refractivity contribution in [2.75, 3.05) is 0 Å². The van der Waals surface area contributed by atoms with Gasteiger partial charge in [0.25, 0.3) is 5.91 Å². The smallest absolute Gasteiger partial charge is 0.328 e. The Morgan fingerprint density at radius 3 is 2.28 bits per heavy atom. The predicted octanol–water partition coefficient (Wildman–Crippen LogP) is 1.59. The molecular weight excluding hydrogens is 410 g/mol. The van der Waals surface area contributed by atoms with E-state index in [1.165, 1.54) is 10.9 Å². The van der Waals surface area contributed by atoms with E-state index in [4.69, 9.17) is 4.74 Å². The van der Waals surface area contributed by atoms with Gasteiger partial charge in [0.1, 0.15) is 18.8 Å². The molecule has 10 heteroatoms. The summed E-state index contributed by atoms with van der Waals surface area (Å²) in [5, 5.41) is 18.5. The van der Waals surface area contributed by atoms with E-state index in [0.717, 1.165) is 11.1 Å².